The highest BCUT2D eigenvalue weighted by atomic mass is 35.5. The zero-order valence-electron chi connectivity index (χ0n) is 38.7. The number of carbonyl (C=O) groups is 2. The Kier molecular flexibility index (Phi) is 25.2. The average Bonchev–Trinajstić information content (AvgIpc) is 4.20. The topological polar surface area (TPSA) is 191 Å². The molecule has 3 aromatic rings. The lowest BCUT2D eigenvalue weighted by Gasteiger charge is -2.16. The summed E-state index contributed by atoms with van der Waals surface area (Å²) in [7, 11) is 0. The van der Waals surface area contributed by atoms with Crippen molar-refractivity contribution in [2.45, 2.75) is 94.6 Å². The van der Waals surface area contributed by atoms with Crippen LogP contribution in [0.1, 0.15) is 69.9 Å². The predicted octanol–water partition coefficient (Wildman–Crippen LogP) is 6.20. The fourth-order valence-electron chi connectivity index (χ4n) is 7.62. The molecule has 6 rings (SSSR count). The van der Waals surface area contributed by atoms with E-state index in [4.69, 9.17) is 59.6 Å². The van der Waals surface area contributed by atoms with E-state index in [2.05, 4.69) is 20.9 Å². The van der Waals surface area contributed by atoms with Gasteiger partial charge in [-0.25, -0.2) is 19.5 Å². The molecule has 0 spiro atoms. The molecular weight excluding hydrogens is 924 g/mol. The summed E-state index contributed by atoms with van der Waals surface area (Å²) >= 11 is 9.56. The number of rotatable bonds is 38. The van der Waals surface area contributed by atoms with E-state index >= 15 is 0 Å². The van der Waals surface area contributed by atoms with Crippen LogP contribution in [0.3, 0.4) is 0 Å². The number of thioether (sulfide) groups is 1. The van der Waals surface area contributed by atoms with Crippen LogP contribution < -0.4 is 15.6 Å². The van der Waals surface area contributed by atoms with E-state index in [0.29, 0.717) is 148 Å². The van der Waals surface area contributed by atoms with Crippen molar-refractivity contribution in [1.82, 2.24) is 30.6 Å². The lowest BCUT2D eigenvalue weighted by atomic mass is 10.0. The predicted molar refractivity (Wildman–Crippen MR) is 259 cm³/mol. The van der Waals surface area contributed by atoms with Gasteiger partial charge in [-0.3, -0.25) is 4.79 Å². The Hall–Kier alpha value is -3.28. The van der Waals surface area contributed by atoms with E-state index in [1.54, 1.807) is 16.0 Å². The van der Waals surface area contributed by atoms with Gasteiger partial charge in [0.25, 0.3) is 0 Å². The molecular formula is C46H69ClN8O10S2. The van der Waals surface area contributed by atoms with Crippen molar-refractivity contribution in [1.29, 1.82) is 0 Å². The van der Waals surface area contributed by atoms with Gasteiger partial charge in [-0.2, -0.15) is 16.9 Å². The average molecular weight is 994 g/mol. The van der Waals surface area contributed by atoms with Crippen molar-refractivity contribution in [3.05, 3.63) is 46.6 Å². The van der Waals surface area contributed by atoms with E-state index in [1.165, 1.54) is 18.6 Å². The molecule has 2 aliphatic heterocycles. The minimum absolute atomic E-state index is 0.0520. The third-order valence-corrected chi connectivity index (χ3v) is 13.8. The highest BCUT2D eigenvalue weighted by molar-refractivity contribution is 8.00. The Morgan fingerprint density at radius 1 is 0.761 bits per heavy atom. The minimum atomic E-state index is -0.0520. The first-order valence-corrected chi connectivity index (χ1v) is 26.1. The van der Waals surface area contributed by atoms with Gasteiger partial charge in [-0.15, -0.1) is 16.4 Å². The maximum Gasteiger partial charge on any atom is 0.315 e. The molecule has 67 heavy (non-hydrogen) atoms. The molecule has 3 fully saturated rings. The number of urea groups is 1. The van der Waals surface area contributed by atoms with Crippen LogP contribution in [0, 0.1) is 0 Å². The highest BCUT2D eigenvalue weighted by Crippen LogP contribution is 2.33. The Morgan fingerprint density at radius 2 is 1.34 bits per heavy atom. The number of nitrogens with zero attached hydrogens (tertiary/aromatic N) is 6. The number of amides is 2. The number of Topliss-reactive ketones (excluding diaryl/α,β-unsaturated/α-hetero) is 1. The number of aromatic nitrogens is 4. The Labute approximate surface area is 407 Å². The van der Waals surface area contributed by atoms with Crippen LogP contribution in [0.25, 0.3) is 11.3 Å². The van der Waals surface area contributed by atoms with Gasteiger partial charge < -0.3 is 48.5 Å². The van der Waals surface area contributed by atoms with Crippen LogP contribution >= 0.6 is 34.7 Å². The summed E-state index contributed by atoms with van der Waals surface area (Å²) in [5, 5.41) is 25.6. The van der Waals surface area contributed by atoms with Crippen LogP contribution in [0.4, 0.5) is 9.93 Å². The van der Waals surface area contributed by atoms with E-state index in [0.717, 1.165) is 66.4 Å². The first-order chi connectivity index (χ1) is 33.0. The zero-order chi connectivity index (χ0) is 46.6. The summed E-state index contributed by atoms with van der Waals surface area (Å²) < 4.78 is 46.5. The number of hydrazone groups is 1. The van der Waals surface area contributed by atoms with E-state index in [9.17, 15) is 9.59 Å². The van der Waals surface area contributed by atoms with Gasteiger partial charge in [-0.05, 0) is 57.1 Å². The molecule has 3 aliphatic rings. The molecule has 372 valence electrons. The number of fused-ring (bicyclic) bond motifs is 1. The summed E-state index contributed by atoms with van der Waals surface area (Å²) in [5.41, 5.74) is 3.90. The van der Waals surface area contributed by atoms with Gasteiger partial charge in [0.05, 0.1) is 136 Å². The van der Waals surface area contributed by atoms with Gasteiger partial charge in [0, 0.05) is 52.1 Å². The molecule has 2 N–H and O–H groups in total. The quantitative estimate of drug-likeness (QED) is 0.0375. The number of carbonyl (C=O) groups excluding carboxylic acids is 2. The second-order valence-electron chi connectivity index (χ2n) is 16.3. The lowest BCUT2D eigenvalue weighted by Crippen LogP contribution is -2.36. The van der Waals surface area contributed by atoms with Crippen LogP contribution in [-0.2, 0) is 55.8 Å². The van der Waals surface area contributed by atoms with Crippen LogP contribution in [0.2, 0.25) is 5.02 Å². The van der Waals surface area contributed by atoms with Crippen molar-refractivity contribution >= 4 is 57.4 Å². The minimum Gasteiger partial charge on any atom is -0.379 e. The second-order valence-corrected chi connectivity index (χ2v) is 18.9. The SMILES string of the molecule is O=C(CCCC[C@@H]1SC[C@@H]2NC(=O)N[C@@H]21)CCCOCCOCCOCCOCCOCCOCCOCCOCCn1cc(CN(N=C2CCCC2)c2nc(-c3ccc(Cl)cc3)cs2)nn1. The Bertz CT molecular complexity index is 1870. The molecule has 18 nitrogen and oxygen atoms in total. The second kappa shape index (κ2) is 31.8. The number of ketones is 1. The lowest BCUT2D eigenvalue weighted by molar-refractivity contribution is -0.119. The molecule has 3 atom stereocenters. The number of thiazole rings is 1. The van der Waals surface area contributed by atoms with Crippen molar-refractivity contribution in [3.63, 3.8) is 0 Å². The maximum atomic E-state index is 12.2. The van der Waals surface area contributed by atoms with Gasteiger partial charge in [0.1, 0.15) is 11.5 Å². The summed E-state index contributed by atoms with van der Waals surface area (Å²) in [5.74, 6) is 1.26. The summed E-state index contributed by atoms with van der Waals surface area (Å²) in [6.07, 6.45) is 11.1. The number of anilines is 1. The molecule has 0 unspecified atom stereocenters. The number of halogens is 1. The molecule has 1 aliphatic carbocycles. The molecule has 2 amide bonds. The maximum absolute atomic E-state index is 12.2. The molecule has 2 saturated heterocycles. The third kappa shape index (κ3) is 20.7. The van der Waals surface area contributed by atoms with Gasteiger partial charge in [0.15, 0.2) is 0 Å². The van der Waals surface area contributed by atoms with E-state index < -0.39 is 0 Å². The standard InChI is InChI=1S/C46H69ClN8O10S2/c47-37-13-11-36(12-14-37)41-34-67-46(49-41)55(52-38-6-1-2-7-38)33-39-32-54(53-51-39)15-17-59-19-21-61-23-25-63-27-29-65-31-30-64-28-26-62-24-22-60-20-18-58-16-5-9-40(56)8-3-4-10-43-44-42(35-66-43)48-45(57)50-44/h11-14,32,34,42-44H,1-10,15-31,33,35H2,(H2,48,50,57)/t42-,43-,44-/m0/s1. The molecule has 1 aromatic carbocycles. The van der Waals surface area contributed by atoms with Gasteiger partial charge in [-0.1, -0.05) is 35.4 Å². The molecule has 2 aromatic heterocycles. The smallest absolute Gasteiger partial charge is 0.315 e. The number of hydrogen-bond acceptors (Lipinski definition) is 17. The Morgan fingerprint density at radius 3 is 1.97 bits per heavy atom. The number of unbranched alkanes of at least 4 members (excludes halogenated alkanes) is 1. The summed E-state index contributed by atoms with van der Waals surface area (Å²) in [6, 6.07) is 8.13. The largest absolute Gasteiger partial charge is 0.379 e. The van der Waals surface area contributed by atoms with Gasteiger partial charge >= 0.3 is 6.03 Å². The fraction of sp³-hybridized carbons (Fsp3) is 0.696. The Balaban J connectivity index is 0.645. The summed E-state index contributed by atoms with van der Waals surface area (Å²) in [6.45, 7) is 8.88. The first-order valence-electron chi connectivity index (χ1n) is 23.8. The first kappa shape index (κ1) is 53.1. The van der Waals surface area contributed by atoms with E-state index in [-0.39, 0.29) is 18.1 Å². The monoisotopic (exact) mass is 992 g/mol. The van der Waals surface area contributed by atoms with Crippen LogP contribution in [0.5, 0.6) is 0 Å². The van der Waals surface area contributed by atoms with Crippen LogP contribution in [0.15, 0.2) is 40.9 Å². The summed E-state index contributed by atoms with van der Waals surface area (Å²) in [4.78, 5) is 28.6. The van der Waals surface area contributed by atoms with Crippen molar-refractivity contribution in [2.75, 3.05) is 116 Å². The normalized spacial score (nSPS) is 17.8. The number of nitrogens with one attached hydrogen (secondary N) is 2. The molecule has 1 saturated carbocycles. The highest BCUT2D eigenvalue weighted by Gasteiger charge is 2.42. The van der Waals surface area contributed by atoms with Crippen molar-refractivity contribution < 1.29 is 47.5 Å². The van der Waals surface area contributed by atoms with Crippen molar-refractivity contribution in [2.24, 2.45) is 5.10 Å². The van der Waals surface area contributed by atoms with Gasteiger partial charge in [0.2, 0.25) is 5.13 Å². The number of hydrogen-bond donors (Lipinski definition) is 2. The van der Waals surface area contributed by atoms with Crippen LogP contribution in [-0.4, -0.2) is 166 Å². The zero-order valence-corrected chi connectivity index (χ0v) is 41.1. The third-order valence-electron chi connectivity index (χ3n) is 11.1. The van der Waals surface area contributed by atoms with Crippen molar-refractivity contribution in [3.8, 4) is 11.3 Å². The molecule has 21 heteroatoms. The molecule has 0 radical (unpaired) electrons. The number of benzene rings is 1. The fourth-order valence-corrected chi connectivity index (χ4v) is 10.1. The number of ether oxygens (including phenoxy) is 8. The molecule has 0 bridgehead atoms. The van der Waals surface area contributed by atoms with E-state index in [1.807, 2.05) is 52.6 Å². The molecule has 4 heterocycles.